The standard InChI is InChI=1S/C23H30N4O5S/c1-4-26(5-2)22-11-10-20(33(30,31)27-12-14-32-15-13-27)16-21(22)25-23(29)18-6-8-19(9-7-18)24-17(3)28/h6-11,16H,4-5,12-15H2,1-3H3,(H,24,28)(H,25,29). The molecule has 1 fully saturated rings. The summed E-state index contributed by atoms with van der Waals surface area (Å²) in [6.45, 7) is 8.09. The van der Waals surface area contributed by atoms with Gasteiger partial charge in [0.25, 0.3) is 5.91 Å². The van der Waals surface area contributed by atoms with Crippen LogP contribution >= 0.6 is 0 Å². The lowest BCUT2D eigenvalue weighted by Crippen LogP contribution is -2.40. The number of morpholine rings is 1. The Kier molecular flexibility index (Phi) is 8.06. The zero-order valence-corrected chi connectivity index (χ0v) is 19.9. The zero-order chi connectivity index (χ0) is 24.0. The number of carbonyl (C=O) groups excluding carboxylic acids is 2. The number of nitrogens with one attached hydrogen (secondary N) is 2. The van der Waals surface area contributed by atoms with E-state index < -0.39 is 10.0 Å². The summed E-state index contributed by atoms with van der Waals surface area (Å²) < 4.78 is 33.0. The summed E-state index contributed by atoms with van der Waals surface area (Å²) in [5.41, 5.74) is 2.13. The van der Waals surface area contributed by atoms with Crippen LogP contribution in [-0.4, -0.2) is 63.9 Å². The SMILES string of the molecule is CCN(CC)c1ccc(S(=O)(=O)N2CCOCC2)cc1NC(=O)c1ccc(NC(C)=O)cc1. The van der Waals surface area contributed by atoms with Gasteiger partial charge in [0.2, 0.25) is 15.9 Å². The van der Waals surface area contributed by atoms with Crippen LogP contribution in [0.4, 0.5) is 17.1 Å². The Morgan fingerprint density at radius 1 is 1.00 bits per heavy atom. The normalized spacial score (nSPS) is 14.5. The Labute approximate surface area is 194 Å². The molecule has 0 unspecified atom stereocenters. The van der Waals surface area contributed by atoms with E-state index in [1.165, 1.54) is 17.3 Å². The van der Waals surface area contributed by atoms with Crippen LogP contribution in [0.15, 0.2) is 47.4 Å². The molecule has 0 bridgehead atoms. The number of sulfonamides is 1. The van der Waals surface area contributed by atoms with Gasteiger partial charge in [-0.3, -0.25) is 9.59 Å². The van der Waals surface area contributed by atoms with Crippen molar-refractivity contribution in [3.05, 3.63) is 48.0 Å². The lowest BCUT2D eigenvalue weighted by Gasteiger charge is -2.28. The first-order chi connectivity index (χ1) is 15.8. The first-order valence-corrected chi connectivity index (χ1v) is 12.4. The van der Waals surface area contributed by atoms with Crippen LogP contribution in [0.25, 0.3) is 0 Å². The fourth-order valence-electron chi connectivity index (χ4n) is 3.65. The second-order valence-electron chi connectivity index (χ2n) is 7.58. The molecule has 2 amide bonds. The summed E-state index contributed by atoms with van der Waals surface area (Å²) in [6, 6.07) is 11.3. The molecule has 0 aromatic heterocycles. The topological polar surface area (TPSA) is 108 Å². The van der Waals surface area contributed by atoms with Crippen LogP contribution in [0.5, 0.6) is 0 Å². The number of anilines is 3. The molecule has 178 valence electrons. The number of amides is 2. The number of carbonyl (C=O) groups is 2. The Bertz CT molecular complexity index is 1090. The molecule has 2 aromatic carbocycles. The predicted octanol–water partition coefficient (Wildman–Crippen LogP) is 2.76. The Morgan fingerprint density at radius 2 is 1.64 bits per heavy atom. The summed E-state index contributed by atoms with van der Waals surface area (Å²) in [7, 11) is -3.71. The highest BCUT2D eigenvalue weighted by Gasteiger charge is 2.27. The number of hydrogen-bond acceptors (Lipinski definition) is 6. The minimum atomic E-state index is -3.71. The van der Waals surface area contributed by atoms with Crippen molar-refractivity contribution in [1.29, 1.82) is 0 Å². The van der Waals surface area contributed by atoms with E-state index in [1.807, 2.05) is 18.7 Å². The Hall–Kier alpha value is -2.95. The van der Waals surface area contributed by atoms with Gasteiger partial charge in [0.05, 0.1) is 29.5 Å². The third-order valence-corrected chi connectivity index (χ3v) is 7.29. The number of nitrogens with zero attached hydrogens (tertiary/aromatic N) is 2. The van der Waals surface area contributed by atoms with Gasteiger partial charge < -0.3 is 20.3 Å². The van der Waals surface area contributed by atoms with Crippen molar-refractivity contribution in [1.82, 2.24) is 4.31 Å². The summed E-state index contributed by atoms with van der Waals surface area (Å²) >= 11 is 0. The third kappa shape index (κ3) is 5.89. The molecule has 0 spiro atoms. The maximum Gasteiger partial charge on any atom is 0.255 e. The van der Waals surface area contributed by atoms with Crippen LogP contribution < -0.4 is 15.5 Å². The second-order valence-corrected chi connectivity index (χ2v) is 9.52. The molecule has 0 radical (unpaired) electrons. The lowest BCUT2D eigenvalue weighted by molar-refractivity contribution is -0.114. The highest BCUT2D eigenvalue weighted by Crippen LogP contribution is 2.31. The Morgan fingerprint density at radius 3 is 2.21 bits per heavy atom. The van der Waals surface area contributed by atoms with Gasteiger partial charge in [-0.25, -0.2) is 8.42 Å². The van der Waals surface area contributed by atoms with Crippen LogP contribution in [0, 0.1) is 0 Å². The average Bonchev–Trinajstić information content (AvgIpc) is 2.81. The molecule has 2 aromatic rings. The van der Waals surface area contributed by atoms with Gasteiger partial charge in [0, 0.05) is 44.4 Å². The number of benzene rings is 2. The number of ether oxygens (including phenoxy) is 1. The van der Waals surface area contributed by atoms with E-state index >= 15 is 0 Å². The summed E-state index contributed by atoms with van der Waals surface area (Å²) in [6.07, 6.45) is 0. The Balaban J connectivity index is 1.92. The van der Waals surface area contributed by atoms with E-state index in [1.54, 1.807) is 36.4 Å². The molecule has 33 heavy (non-hydrogen) atoms. The van der Waals surface area contributed by atoms with Gasteiger partial charge in [0.15, 0.2) is 0 Å². The van der Waals surface area contributed by atoms with Crippen LogP contribution in [-0.2, 0) is 19.6 Å². The first-order valence-electron chi connectivity index (χ1n) is 10.9. The summed E-state index contributed by atoms with van der Waals surface area (Å²) in [5, 5.41) is 5.53. The molecular formula is C23H30N4O5S. The van der Waals surface area contributed by atoms with Gasteiger partial charge in [-0.1, -0.05) is 0 Å². The molecule has 1 saturated heterocycles. The van der Waals surface area contributed by atoms with Crippen molar-refractivity contribution in [2.45, 2.75) is 25.7 Å². The highest BCUT2D eigenvalue weighted by atomic mass is 32.2. The van der Waals surface area contributed by atoms with E-state index in [4.69, 9.17) is 4.74 Å². The van der Waals surface area contributed by atoms with E-state index in [-0.39, 0.29) is 16.7 Å². The van der Waals surface area contributed by atoms with Gasteiger partial charge in [0.1, 0.15) is 0 Å². The van der Waals surface area contributed by atoms with Crippen LogP contribution in [0.1, 0.15) is 31.1 Å². The molecule has 9 nitrogen and oxygen atoms in total. The minimum Gasteiger partial charge on any atom is -0.379 e. The molecule has 0 atom stereocenters. The van der Waals surface area contributed by atoms with Crippen molar-refractivity contribution in [3.8, 4) is 0 Å². The molecule has 1 aliphatic rings. The number of rotatable bonds is 8. The predicted molar refractivity (Wildman–Crippen MR) is 128 cm³/mol. The molecule has 3 rings (SSSR count). The molecule has 10 heteroatoms. The highest BCUT2D eigenvalue weighted by molar-refractivity contribution is 7.89. The van der Waals surface area contributed by atoms with Gasteiger partial charge in [-0.15, -0.1) is 0 Å². The zero-order valence-electron chi connectivity index (χ0n) is 19.1. The summed E-state index contributed by atoms with van der Waals surface area (Å²) in [5.74, 6) is -0.576. The van der Waals surface area contributed by atoms with Crippen molar-refractivity contribution in [3.63, 3.8) is 0 Å². The maximum atomic E-state index is 13.2. The van der Waals surface area contributed by atoms with Crippen molar-refractivity contribution >= 4 is 38.9 Å². The maximum absolute atomic E-state index is 13.2. The molecule has 2 N–H and O–H groups in total. The van der Waals surface area contributed by atoms with Crippen LogP contribution in [0.3, 0.4) is 0 Å². The first kappa shape index (κ1) is 24.7. The number of hydrogen-bond donors (Lipinski definition) is 2. The van der Waals surface area contributed by atoms with E-state index in [0.29, 0.717) is 56.3 Å². The van der Waals surface area contributed by atoms with Gasteiger partial charge >= 0.3 is 0 Å². The van der Waals surface area contributed by atoms with E-state index in [2.05, 4.69) is 10.6 Å². The largest absolute Gasteiger partial charge is 0.379 e. The average molecular weight is 475 g/mol. The lowest BCUT2D eigenvalue weighted by atomic mass is 10.1. The van der Waals surface area contributed by atoms with E-state index in [9.17, 15) is 18.0 Å². The van der Waals surface area contributed by atoms with Crippen molar-refractivity contribution in [2.75, 3.05) is 54.9 Å². The van der Waals surface area contributed by atoms with Crippen molar-refractivity contribution in [2.24, 2.45) is 0 Å². The third-order valence-electron chi connectivity index (χ3n) is 5.40. The molecular weight excluding hydrogens is 444 g/mol. The monoisotopic (exact) mass is 474 g/mol. The molecule has 0 saturated carbocycles. The fraction of sp³-hybridized carbons (Fsp3) is 0.391. The molecule has 1 heterocycles. The van der Waals surface area contributed by atoms with Gasteiger partial charge in [-0.2, -0.15) is 4.31 Å². The van der Waals surface area contributed by atoms with Crippen LogP contribution in [0.2, 0.25) is 0 Å². The summed E-state index contributed by atoms with van der Waals surface area (Å²) in [4.78, 5) is 26.3. The fourth-order valence-corrected chi connectivity index (χ4v) is 5.09. The van der Waals surface area contributed by atoms with Gasteiger partial charge in [-0.05, 0) is 56.3 Å². The smallest absolute Gasteiger partial charge is 0.255 e. The second kappa shape index (κ2) is 10.8. The minimum absolute atomic E-state index is 0.122. The quantitative estimate of drug-likeness (QED) is 0.609. The van der Waals surface area contributed by atoms with E-state index in [0.717, 1.165) is 5.69 Å². The molecule has 1 aliphatic heterocycles. The molecule has 0 aliphatic carbocycles. The van der Waals surface area contributed by atoms with Crippen molar-refractivity contribution < 1.29 is 22.7 Å².